The van der Waals surface area contributed by atoms with Crippen molar-refractivity contribution in [1.29, 1.82) is 0 Å². The topological polar surface area (TPSA) is 84.6 Å². The van der Waals surface area contributed by atoms with Crippen LogP contribution in [0.25, 0.3) is 11.5 Å². The van der Waals surface area contributed by atoms with Gasteiger partial charge in [0.25, 0.3) is 5.89 Å². The summed E-state index contributed by atoms with van der Waals surface area (Å²) in [5, 5.41) is 10.4. The highest BCUT2D eigenvalue weighted by Gasteiger charge is 2.09. The maximum Gasteiger partial charge on any atom is 0.257 e. The van der Waals surface area contributed by atoms with Gasteiger partial charge in [0.15, 0.2) is 11.8 Å². The molecule has 1 aromatic carbocycles. The molecular formula is C17H25N5O2. The molecule has 1 heterocycles. The van der Waals surface area contributed by atoms with Gasteiger partial charge in [0.1, 0.15) is 0 Å². The first-order chi connectivity index (χ1) is 11.8. The summed E-state index contributed by atoms with van der Waals surface area (Å²) in [5.74, 6) is 2.04. The number of hydrogen-bond donors (Lipinski definition) is 2. The molecule has 0 saturated heterocycles. The van der Waals surface area contributed by atoms with Gasteiger partial charge in [-0.15, -0.1) is 0 Å². The molecule has 2 N–H and O–H groups in total. The largest absolute Gasteiger partial charge is 0.383 e. The van der Waals surface area contributed by atoms with Gasteiger partial charge < -0.3 is 19.9 Å². The zero-order valence-electron chi connectivity index (χ0n) is 14.5. The van der Waals surface area contributed by atoms with Crippen molar-refractivity contribution >= 4 is 5.96 Å². The van der Waals surface area contributed by atoms with Crippen LogP contribution >= 0.6 is 0 Å². The molecule has 2 rings (SSSR count). The number of aliphatic imine (C=N–C) groups is 1. The molecule has 0 aliphatic heterocycles. The maximum atomic E-state index is 5.34. The summed E-state index contributed by atoms with van der Waals surface area (Å²) < 4.78 is 10.4. The molecule has 7 heteroatoms. The van der Waals surface area contributed by atoms with E-state index >= 15 is 0 Å². The zero-order valence-corrected chi connectivity index (χ0v) is 14.5. The lowest BCUT2D eigenvalue weighted by atomic mass is 10.1. The summed E-state index contributed by atoms with van der Waals surface area (Å²) in [5.41, 5.74) is 2.03. The Kier molecular flexibility index (Phi) is 7.22. The van der Waals surface area contributed by atoms with Crippen molar-refractivity contribution in [3.63, 3.8) is 0 Å². The fraction of sp³-hybridized carbons (Fsp3) is 0.471. The molecule has 2 aromatic rings. The predicted octanol–water partition coefficient (Wildman–Crippen LogP) is 2.00. The number of aromatic nitrogens is 2. The van der Waals surface area contributed by atoms with Crippen LogP contribution in [0.2, 0.25) is 0 Å². The average molecular weight is 331 g/mol. The molecule has 24 heavy (non-hydrogen) atoms. The number of rotatable bonds is 8. The Labute approximate surface area is 142 Å². The lowest BCUT2D eigenvalue weighted by molar-refractivity contribution is 0.203. The molecule has 0 aliphatic carbocycles. The van der Waals surface area contributed by atoms with Crippen LogP contribution in [-0.4, -0.2) is 43.4 Å². The second-order valence-electron chi connectivity index (χ2n) is 5.31. The SMILES string of the molecule is CCCc1noc(-c2cccc(CNC(=NC)NCCOC)c2)n1. The molecule has 0 saturated carbocycles. The van der Waals surface area contributed by atoms with Gasteiger partial charge in [-0.25, -0.2) is 0 Å². The molecule has 0 fully saturated rings. The summed E-state index contributed by atoms with van der Waals surface area (Å²) in [7, 11) is 3.42. The Bertz CT molecular complexity index is 654. The monoisotopic (exact) mass is 331 g/mol. The Morgan fingerprint density at radius 1 is 1.33 bits per heavy atom. The van der Waals surface area contributed by atoms with Crippen molar-refractivity contribution in [3.8, 4) is 11.5 Å². The second-order valence-corrected chi connectivity index (χ2v) is 5.31. The number of nitrogens with zero attached hydrogens (tertiary/aromatic N) is 3. The highest BCUT2D eigenvalue weighted by Crippen LogP contribution is 2.18. The molecular weight excluding hydrogens is 306 g/mol. The minimum Gasteiger partial charge on any atom is -0.383 e. The quantitative estimate of drug-likeness (QED) is 0.437. The van der Waals surface area contributed by atoms with Gasteiger partial charge in [0.05, 0.1) is 6.61 Å². The van der Waals surface area contributed by atoms with Gasteiger partial charge in [-0.3, -0.25) is 4.99 Å². The average Bonchev–Trinajstić information content (AvgIpc) is 3.07. The molecule has 130 valence electrons. The van der Waals surface area contributed by atoms with Crippen LogP contribution in [-0.2, 0) is 17.7 Å². The lowest BCUT2D eigenvalue weighted by Crippen LogP contribution is -2.38. The Morgan fingerprint density at radius 3 is 2.96 bits per heavy atom. The van der Waals surface area contributed by atoms with Crippen LogP contribution in [0.1, 0.15) is 24.7 Å². The van der Waals surface area contributed by atoms with Crippen LogP contribution in [0.5, 0.6) is 0 Å². The van der Waals surface area contributed by atoms with Crippen molar-refractivity contribution in [2.45, 2.75) is 26.3 Å². The Hall–Kier alpha value is -2.41. The fourth-order valence-corrected chi connectivity index (χ4v) is 2.19. The minimum absolute atomic E-state index is 0.558. The van der Waals surface area contributed by atoms with Crippen LogP contribution in [0.4, 0.5) is 0 Å². The van der Waals surface area contributed by atoms with E-state index in [4.69, 9.17) is 9.26 Å². The van der Waals surface area contributed by atoms with Gasteiger partial charge >= 0.3 is 0 Å². The van der Waals surface area contributed by atoms with E-state index in [1.165, 1.54) is 0 Å². The third-order valence-electron chi connectivity index (χ3n) is 3.40. The third-order valence-corrected chi connectivity index (χ3v) is 3.40. The van der Waals surface area contributed by atoms with Gasteiger partial charge in [0, 0.05) is 39.2 Å². The van der Waals surface area contributed by atoms with Gasteiger partial charge in [0.2, 0.25) is 0 Å². The molecule has 0 bridgehead atoms. The van der Waals surface area contributed by atoms with Crippen molar-refractivity contribution < 1.29 is 9.26 Å². The summed E-state index contributed by atoms with van der Waals surface area (Å²) in [6, 6.07) is 8.04. The molecule has 0 radical (unpaired) electrons. The normalized spacial score (nSPS) is 11.5. The van der Waals surface area contributed by atoms with E-state index in [1.54, 1.807) is 14.2 Å². The number of guanidine groups is 1. The van der Waals surface area contributed by atoms with Crippen molar-refractivity contribution in [1.82, 2.24) is 20.8 Å². The first-order valence-electron chi connectivity index (χ1n) is 8.12. The van der Waals surface area contributed by atoms with E-state index in [2.05, 4.69) is 32.7 Å². The summed E-state index contributed by atoms with van der Waals surface area (Å²) in [6.45, 7) is 4.08. The van der Waals surface area contributed by atoms with Crippen LogP contribution in [0.15, 0.2) is 33.8 Å². The first-order valence-corrected chi connectivity index (χ1v) is 8.12. The predicted molar refractivity (Wildman–Crippen MR) is 93.8 cm³/mol. The van der Waals surface area contributed by atoms with E-state index in [-0.39, 0.29) is 0 Å². The first kappa shape index (κ1) is 17.9. The molecule has 0 spiro atoms. The smallest absolute Gasteiger partial charge is 0.257 e. The van der Waals surface area contributed by atoms with E-state index in [1.807, 2.05) is 24.3 Å². The van der Waals surface area contributed by atoms with Crippen molar-refractivity contribution in [2.75, 3.05) is 27.3 Å². The number of hydrogen-bond acceptors (Lipinski definition) is 5. The van der Waals surface area contributed by atoms with Crippen LogP contribution in [0.3, 0.4) is 0 Å². The Balaban J connectivity index is 1.96. The standard InChI is InChI=1S/C17H25N5O2/c1-4-6-15-21-16(24-22-15)14-8-5-7-13(11-14)12-20-17(18-2)19-9-10-23-3/h5,7-8,11H,4,6,9-10,12H2,1-3H3,(H2,18,19,20). The highest BCUT2D eigenvalue weighted by atomic mass is 16.5. The summed E-state index contributed by atoms with van der Waals surface area (Å²) >= 11 is 0. The third kappa shape index (κ3) is 5.34. The highest BCUT2D eigenvalue weighted by molar-refractivity contribution is 5.79. The van der Waals surface area contributed by atoms with Crippen LogP contribution < -0.4 is 10.6 Å². The summed E-state index contributed by atoms with van der Waals surface area (Å²) in [4.78, 5) is 8.60. The molecule has 0 amide bonds. The number of benzene rings is 1. The minimum atomic E-state index is 0.558. The van der Waals surface area contributed by atoms with E-state index in [9.17, 15) is 0 Å². The number of methoxy groups -OCH3 is 1. The molecule has 1 aromatic heterocycles. The molecule has 7 nitrogen and oxygen atoms in total. The van der Waals surface area contributed by atoms with E-state index in [0.29, 0.717) is 25.6 Å². The van der Waals surface area contributed by atoms with Crippen molar-refractivity contribution in [3.05, 3.63) is 35.7 Å². The zero-order chi connectivity index (χ0) is 17.2. The number of ether oxygens (including phenoxy) is 1. The van der Waals surface area contributed by atoms with Gasteiger partial charge in [-0.2, -0.15) is 4.98 Å². The van der Waals surface area contributed by atoms with Crippen molar-refractivity contribution in [2.24, 2.45) is 4.99 Å². The summed E-state index contributed by atoms with van der Waals surface area (Å²) in [6.07, 6.45) is 1.83. The number of aryl methyl sites for hydroxylation is 1. The molecule has 0 aliphatic rings. The van der Waals surface area contributed by atoms with Gasteiger partial charge in [-0.1, -0.05) is 24.2 Å². The maximum absolute atomic E-state index is 5.34. The van der Waals surface area contributed by atoms with E-state index in [0.717, 1.165) is 35.8 Å². The second kappa shape index (κ2) is 9.67. The Morgan fingerprint density at radius 2 is 2.21 bits per heavy atom. The van der Waals surface area contributed by atoms with Gasteiger partial charge in [-0.05, 0) is 24.1 Å². The fourth-order valence-electron chi connectivity index (χ4n) is 2.19. The molecule has 0 unspecified atom stereocenters. The lowest BCUT2D eigenvalue weighted by Gasteiger charge is -2.11. The van der Waals surface area contributed by atoms with Crippen LogP contribution in [0, 0.1) is 0 Å². The molecule has 0 atom stereocenters. The van der Waals surface area contributed by atoms with E-state index < -0.39 is 0 Å². The number of nitrogens with one attached hydrogen (secondary N) is 2.